The highest BCUT2D eigenvalue weighted by Gasteiger charge is 2.62. The summed E-state index contributed by atoms with van der Waals surface area (Å²) in [7, 11) is 0. The van der Waals surface area contributed by atoms with Gasteiger partial charge < -0.3 is 24.1 Å². The summed E-state index contributed by atoms with van der Waals surface area (Å²) in [6.45, 7) is 4.21. The fourth-order valence-corrected chi connectivity index (χ4v) is 3.90. The van der Waals surface area contributed by atoms with Crippen molar-refractivity contribution in [3.05, 3.63) is 71.8 Å². The Morgan fingerprint density at radius 3 is 2.34 bits per heavy atom. The fraction of sp³-hybridized carbons (Fsp3) is 0.435. The summed E-state index contributed by atoms with van der Waals surface area (Å²) in [5, 5.41) is 11.2. The van der Waals surface area contributed by atoms with Crippen molar-refractivity contribution in [3.8, 4) is 0 Å². The van der Waals surface area contributed by atoms with Crippen LogP contribution in [0.2, 0.25) is 0 Å². The molecule has 2 aromatic carbocycles. The average Bonchev–Trinajstić information content (AvgIpc) is 3.16. The number of benzene rings is 2. The first kappa shape index (κ1) is 20.2. The van der Waals surface area contributed by atoms with Crippen LogP contribution >= 0.6 is 0 Å². The van der Waals surface area contributed by atoms with E-state index < -0.39 is 29.9 Å². The fourth-order valence-electron chi connectivity index (χ4n) is 3.90. The number of rotatable bonds is 7. The van der Waals surface area contributed by atoms with E-state index >= 15 is 0 Å². The van der Waals surface area contributed by atoms with Gasteiger partial charge in [-0.1, -0.05) is 60.7 Å². The van der Waals surface area contributed by atoms with E-state index in [1.807, 2.05) is 36.4 Å². The van der Waals surface area contributed by atoms with Crippen LogP contribution in [0.3, 0.4) is 0 Å². The minimum atomic E-state index is -1.77. The van der Waals surface area contributed by atoms with Gasteiger partial charge in [0.1, 0.15) is 18.3 Å². The molecule has 0 saturated carbocycles. The Balaban J connectivity index is 1.45. The van der Waals surface area contributed by atoms with Gasteiger partial charge in [0.2, 0.25) is 5.79 Å². The second-order valence-corrected chi connectivity index (χ2v) is 7.99. The Hall–Kier alpha value is -2.09. The molecule has 0 amide bonds. The SMILES string of the molecule is CC1(C)O[C@H]2[C@@H](O1)C(O)(CC(=O)c1ccccc1)O[C@@H]2COCc1ccccc1. The number of hydrogen-bond acceptors (Lipinski definition) is 6. The zero-order valence-corrected chi connectivity index (χ0v) is 16.6. The van der Waals surface area contributed by atoms with Gasteiger partial charge in [0, 0.05) is 5.56 Å². The number of fused-ring (bicyclic) bond motifs is 1. The maximum atomic E-state index is 12.7. The molecule has 6 heteroatoms. The maximum Gasteiger partial charge on any atom is 0.202 e. The smallest absolute Gasteiger partial charge is 0.202 e. The Morgan fingerprint density at radius 1 is 1.00 bits per heavy atom. The molecule has 1 unspecified atom stereocenters. The Morgan fingerprint density at radius 2 is 1.66 bits per heavy atom. The summed E-state index contributed by atoms with van der Waals surface area (Å²) >= 11 is 0. The van der Waals surface area contributed by atoms with Crippen molar-refractivity contribution in [1.29, 1.82) is 0 Å². The number of ketones is 1. The minimum absolute atomic E-state index is 0.215. The molecule has 1 N–H and O–H groups in total. The average molecular weight is 398 g/mol. The van der Waals surface area contributed by atoms with E-state index in [9.17, 15) is 9.90 Å². The monoisotopic (exact) mass is 398 g/mol. The molecule has 0 aromatic heterocycles. The Bertz CT molecular complexity index is 837. The molecule has 154 valence electrons. The van der Waals surface area contributed by atoms with Crippen LogP contribution in [0.15, 0.2) is 60.7 Å². The topological polar surface area (TPSA) is 74.2 Å². The number of aliphatic hydroxyl groups is 1. The normalized spacial score (nSPS) is 30.2. The van der Waals surface area contributed by atoms with E-state index in [2.05, 4.69) is 0 Å². The van der Waals surface area contributed by atoms with E-state index in [0.717, 1.165) is 5.56 Å². The summed E-state index contributed by atoms with van der Waals surface area (Å²) in [4.78, 5) is 12.7. The highest BCUT2D eigenvalue weighted by molar-refractivity contribution is 5.96. The van der Waals surface area contributed by atoms with Crippen molar-refractivity contribution in [2.24, 2.45) is 0 Å². The molecule has 0 radical (unpaired) electrons. The third-order valence-corrected chi connectivity index (χ3v) is 5.20. The molecule has 2 aliphatic heterocycles. The lowest BCUT2D eigenvalue weighted by molar-refractivity contribution is -0.275. The summed E-state index contributed by atoms with van der Waals surface area (Å²) in [6.07, 6.45) is -2.05. The number of ether oxygens (including phenoxy) is 4. The van der Waals surface area contributed by atoms with Gasteiger partial charge in [0.05, 0.1) is 19.6 Å². The molecule has 2 saturated heterocycles. The number of carbonyl (C=O) groups excluding carboxylic acids is 1. The van der Waals surface area contributed by atoms with Crippen molar-refractivity contribution in [1.82, 2.24) is 0 Å². The van der Waals surface area contributed by atoms with Gasteiger partial charge in [-0.2, -0.15) is 0 Å². The number of carbonyl (C=O) groups is 1. The Kier molecular flexibility index (Phi) is 5.55. The predicted molar refractivity (Wildman–Crippen MR) is 105 cm³/mol. The number of Topliss-reactive ketones (excluding diaryl/α,β-unsaturated/α-hetero) is 1. The van der Waals surface area contributed by atoms with E-state index in [1.165, 1.54) is 0 Å². The second-order valence-electron chi connectivity index (χ2n) is 7.99. The van der Waals surface area contributed by atoms with E-state index in [1.54, 1.807) is 38.1 Å². The van der Waals surface area contributed by atoms with Crippen molar-refractivity contribution in [3.63, 3.8) is 0 Å². The zero-order chi connectivity index (χ0) is 20.5. The molecule has 0 bridgehead atoms. The third kappa shape index (κ3) is 4.42. The van der Waals surface area contributed by atoms with Crippen molar-refractivity contribution in [2.75, 3.05) is 6.61 Å². The molecule has 0 aliphatic carbocycles. The van der Waals surface area contributed by atoms with Crippen molar-refractivity contribution in [2.45, 2.75) is 56.8 Å². The minimum Gasteiger partial charge on any atom is -0.374 e. The zero-order valence-electron chi connectivity index (χ0n) is 16.6. The quantitative estimate of drug-likeness (QED) is 0.723. The van der Waals surface area contributed by atoms with E-state index in [-0.39, 0.29) is 18.8 Å². The molecule has 2 heterocycles. The van der Waals surface area contributed by atoms with Gasteiger partial charge >= 0.3 is 0 Å². The van der Waals surface area contributed by atoms with Crippen LogP contribution in [0.5, 0.6) is 0 Å². The van der Waals surface area contributed by atoms with Gasteiger partial charge in [-0.05, 0) is 19.4 Å². The predicted octanol–water partition coefficient (Wildman–Crippen LogP) is 3.08. The van der Waals surface area contributed by atoms with Crippen molar-refractivity contribution < 1.29 is 28.8 Å². The van der Waals surface area contributed by atoms with Crippen LogP contribution in [0, 0.1) is 0 Å². The van der Waals surface area contributed by atoms with Crippen LogP contribution in [0.4, 0.5) is 0 Å². The summed E-state index contributed by atoms with van der Waals surface area (Å²) in [5.74, 6) is -2.86. The summed E-state index contributed by atoms with van der Waals surface area (Å²) < 4.78 is 23.6. The molecule has 0 spiro atoms. The molecular weight excluding hydrogens is 372 g/mol. The van der Waals surface area contributed by atoms with E-state index in [0.29, 0.717) is 12.2 Å². The van der Waals surface area contributed by atoms with Gasteiger partial charge in [-0.3, -0.25) is 4.79 Å². The molecule has 2 aliphatic rings. The largest absolute Gasteiger partial charge is 0.374 e. The lowest BCUT2D eigenvalue weighted by Gasteiger charge is -2.29. The first-order valence-corrected chi connectivity index (χ1v) is 9.82. The molecule has 4 atom stereocenters. The summed E-state index contributed by atoms with van der Waals surface area (Å²) in [5.41, 5.74) is 1.56. The first-order chi connectivity index (χ1) is 13.9. The molecule has 2 aromatic rings. The van der Waals surface area contributed by atoms with Crippen LogP contribution in [0.1, 0.15) is 36.2 Å². The van der Waals surface area contributed by atoms with Crippen molar-refractivity contribution >= 4 is 5.78 Å². The van der Waals surface area contributed by atoms with Crippen LogP contribution < -0.4 is 0 Å². The molecule has 4 rings (SSSR count). The van der Waals surface area contributed by atoms with Gasteiger partial charge in [-0.25, -0.2) is 0 Å². The molecular formula is C23H26O6. The lowest BCUT2D eigenvalue weighted by atomic mass is 9.97. The van der Waals surface area contributed by atoms with Gasteiger partial charge in [0.25, 0.3) is 0 Å². The molecule has 6 nitrogen and oxygen atoms in total. The third-order valence-electron chi connectivity index (χ3n) is 5.20. The van der Waals surface area contributed by atoms with Crippen LogP contribution in [-0.4, -0.2) is 47.4 Å². The number of hydrogen-bond donors (Lipinski definition) is 1. The maximum absolute atomic E-state index is 12.7. The molecule has 2 fully saturated rings. The molecule has 29 heavy (non-hydrogen) atoms. The van der Waals surface area contributed by atoms with Gasteiger partial charge in [-0.15, -0.1) is 0 Å². The van der Waals surface area contributed by atoms with Crippen LogP contribution in [0.25, 0.3) is 0 Å². The lowest BCUT2D eigenvalue weighted by Crippen LogP contribution is -2.44. The standard InChI is InChI=1S/C23H26O6/c1-22(2)28-20-19(15-26-14-16-9-5-3-6-10-16)27-23(25,21(20)29-22)13-18(24)17-11-7-4-8-12-17/h3-12,19-21,25H,13-15H2,1-2H3/t19-,20-,21-,23?/m1/s1. The summed E-state index contributed by atoms with van der Waals surface area (Å²) in [6, 6.07) is 18.6. The van der Waals surface area contributed by atoms with Gasteiger partial charge in [0.15, 0.2) is 11.6 Å². The first-order valence-electron chi connectivity index (χ1n) is 9.82. The Labute approximate surface area is 170 Å². The van der Waals surface area contributed by atoms with Crippen LogP contribution in [-0.2, 0) is 25.6 Å². The highest BCUT2D eigenvalue weighted by Crippen LogP contribution is 2.44. The highest BCUT2D eigenvalue weighted by atomic mass is 16.8. The van der Waals surface area contributed by atoms with E-state index in [4.69, 9.17) is 18.9 Å². The second kappa shape index (κ2) is 7.97.